The summed E-state index contributed by atoms with van der Waals surface area (Å²) in [5, 5.41) is 13.4. The van der Waals surface area contributed by atoms with Gasteiger partial charge < -0.3 is 9.64 Å². The van der Waals surface area contributed by atoms with Crippen LogP contribution in [-0.2, 0) is 16.9 Å². The summed E-state index contributed by atoms with van der Waals surface area (Å²) in [4.78, 5) is 7.03. The highest BCUT2D eigenvalue weighted by atomic mass is 32.2. The summed E-state index contributed by atoms with van der Waals surface area (Å²) in [5.41, 5.74) is 3.52. The summed E-state index contributed by atoms with van der Waals surface area (Å²) in [6.07, 6.45) is 1.00. The maximum absolute atomic E-state index is 5.53. The van der Waals surface area contributed by atoms with Gasteiger partial charge in [0.05, 0.1) is 29.6 Å². The summed E-state index contributed by atoms with van der Waals surface area (Å²) in [7, 11) is 0. The number of aryl methyl sites for hydroxylation is 1. The van der Waals surface area contributed by atoms with Crippen LogP contribution in [0.3, 0.4) is 0 Å². The minimum absolute atomic E-state index is 0.465. The van der Waals surface area contributed by atoms with Crippen LogP contribution in [0.15, 0.2) is 34.8 Å². The van der Waals surface area contributed by atoms with Crippen LogP contribution in [0.25, 0.3) is 5.69 Å². The molecule has 0 unspecified atom stereocenters. The molecule has 1 fully saturated rings. The number of hydrogen-bond acceptors (Lipinski definition) is 7. The molecule has 0 saturated carbocycles. The zero-order valence-electron chi connectivity index (χ0n) is 17.2. The Labute approximate surface area is 180 Å². The lowest BCUT2D eigenvalue weighted by Crippen LogP contribution is -2.37. The molecule has 0 N–H and O–H groups in total. The summed E-state index contributed by atoms with van der Waals surface area (Å²) >= 11 is 3.43. The number of aromatic nitrogens is 4. The van der Waals surface area contributed by atoms with Crippen LogP contribution >= 0.6 is 23.1 Å². The maximum atomic E-state index is 5.53. The van der Waals surface area contributed by atoms with E-state index in [1.807, 2.05) is 0 Å². The molecule has 2 aromatic heterocycles. The molecule has 8 heteroatoms. The molecule has 4 rings (SSSR count). The Bertz CT molecular complexity index is 946. The maximum Gasteiger partial charge on any atom is 0.232 e. The lowest BCUT2D eigenvalue weighted by molar-refractivity contribution is 0.122. The first-order valence-electron chi connectivity index (χ1n) is 10.1. The highest BCUT2D eigenvalue weighted by molar-refractivity contribution is 7.98. The number of thioether (sulfide) groups is 1. The van der Waals surface area contributed by atoms with Crippen molar-refractivity contribution in [2.45, 2.75) is 44.0 Å². The van der Waals surface area contributed by atoms with Crippen LogP contribution in [0.5, 0.6) is 0 Å². The normalized spacial score (nSPS) is 14.7. The lowest BCUT2D eigenvalue weighted by Gasteiger charge is -2.28. The van der Waals surface area contributed by atoms with E-state index in [0.717, 1.165) is 61.0 Å². The number of nitrogens with zero attached hydrogens (tertiary/aromatic N) is 5. The van der Waals surface area contributed by atoms with E-state index in [2.05, 4.69) is 70.1 Å². The molecule has 0 radical (unpaired) electrons. The molecule has 1 saturated heterocycles. The van der Waals surface area contributed by atoms with Gasteiger partial charge in [-0.2, -0.15) is 0 Å². The summed E-state index contributed by atoms with van der Waals surface area (Å²) in [6, 6.07) is 8.65. The monoisotopic (exact) mass is 429 g/mol. The second kappa shape index (κ2) is 9.28. The van der Waals surface area contributed by atoms with Crippen LogP contribution in [0.2, 0.25) is 0 Å². The minimum atomic E-state index is 0.465. The first-order valence-corrected chi connectivity index (χ1v) is 12.0. The topological polar surface area (TPSA) is 56.1 Å². The molecule has 3 aromatic rings. The average Bonchev–Trinajstić information content (AvgIpc) is 3.40. The lowest BCUT2D eigenvalue weighted by atomic mass is 10.1. The summed E-state index contributed by atoms with van der Waals surface area (Å²) in [5.74, 6) is 2.15. The average molecular weight is 430 g/mol. The molecule has 154 valence electrons. The molecule has 1 aromatic carbocycles. The zero-order valence-corrected chi connectivity index (χ0v) is 18.8. The van der Waals surface area contributed by atoms with Crippen LogP contribution in [0, 0.1) is 0 Å². The van der Waals surface area contributed by atoms with Crippen LogP contribution in [0.4, 0.5) is 5.95 Å². The number of rotatable bonds is 7. The van der Waals surface area contributed by atoms with Crippen molar-refractivity contribution < 1.29 is 4.74 Å². The van der Waals surface area contributed by atoms with E-state index in [9.17, 15) is 0 Å². The fraction of sp³-hybridized carbons (Fsp3) is 0.476. The Morgan fingerprint density at radius 3 is 2.76 bits per heavy atom. The Kier molecular flexibility index (Phi) is 6.52. The van der Waals surface area contributed by atoms with Gasteiger partial charge in [0.25, 0.3) is 0 Å². The predicted octanol–water partition coefficient (Wildman–Crippen LogP) is 4.54. The molecular weight excluding hydrogens is 402 g/mol. The van der Waals surface area contributed by atoms with E-state index in [1.165, 1.54) is 10.6 Å². The molecule has 0 aliphatic carbocycles. The van der Waals surface area contributed by atoms with Crippen molar-refractivity contribution in [3.8, 4) is 5.69 Å². The molecule has 3 heterocycles. The molecular formula is C21H27N5OS2. The molecule has 6 nitrogen and oxygen atoms in total. The van der Waals surface area contributed by atoms with Crippen LogP contribution < -0.4 is 4.90 Å². The molecule has 29 heavy (non-hydrogen) atoms. The number of benzene rings is 1. The summed E-state index contributed by atoms with van der Waals surface area (Å²) in [6.45, 7) is 9.66. The largest absolute Gasteiger partial charge is 0.378 e. The van der Waals surface area contributed by atoms with Crippen molar-refractivity contribution in [1.29, 1.82) is 0 Å². The third-order valence-corrected chi connectivity index (χ3v) is 7.06. The van der Waals surface area contributed by atoms with Crippen LogP contribution in [0.1, 0.15) is 43.0 Å². The number of morpholine rings is 1. The van der Waals surface area contributed by atoms with E-state index < -0.39 is 0 Å². The van der Waals surface area contributed by atoms with Gasteiger partial charge in [-0.1, -0.05) is 44.7 Å². The highest BCUT2D eigenvalue weighted by Gasteiger charge is 2.22. The Morgan fingerprint density at radius 2 is 2.03 bits per heavy atom. The van der Waals surface area contributed by atoms with Crippen molar-refractivity contribution >= 4 is 29.0 Å². The van der Waals surface area contributed by atoms with Gasteiger partial charge in [-0.25, -0.2) is 4.98 Å². The van der Waals surface area contributed by atoms with Crippen molar-refractivity contribution in [3.05, 3.63) is 45.9 Å². The number of thiazole rings is 1. The van der Waals surface area contributed by atoms with Gasteiger partial charge in [0, 0.05) is 30.1 Å². The first-order chi connectivity index (χ1) is 14.2. The minimum Gasteiger partial charge on any atom is -0.378 e. The van der Waals surface area contributed by atoms with Crippen LogP contribution in [-0.4, -0.2) is 46.1 Å². The molecule has 0 atom stereocenters. The zero-order chi connectivity index (χ0) is 20.2. The van der Waals surface area contributed by atoms with Crippen molar-refractivity contribution in [1.82, 2.24) is 19.7 Å². The van der Waals surface area contributed by atoms with Gasteiger partial charge in [-0.15, -0.1) is 21.5 Å². The number of hydrogen-bond donors (Lipinski definition) is 0. The number of anilines is 1. The Balaban J connectivity index is 1.64. The van der Waals surface area contributed by atoms with Gasteiger partial charge in [0.2, 0.25) is 5.95 Å². The standard InChI is InChI=1S/C21H27N5OS2/c1-4-16-6-5-7-18(12-16)26-20(25-8-10-27-11-9-25)23-24-21(26)29-14-17-13-28-19(22-17)15(2)3/h5-7,12-13,15H,4,8-11,14H2,1-3H3. The Hall–Kier alpha value is -1.90. The number of ether oxygens (including phenoxy) is 1. The van der Waals surface area contributed by atoms with E-state index >= 15 is 0 Å². The van der Waals surface area contributed by atoms with Gasteiger partial charge >= 0.3 is 0 Å². The van der Waals surface area contributed by atoms with E-state index in [-0.39, 0.29) is 0 Å². The van der Waals surface area contributed by atoms with E-state index in [4.69, 9.17) is 9.72 Å². The first kappa shape index (κ1) is 20.4. The van der Waals surface area contributed by atoms with E-state index in [0.29, 0.717) is 5.92 Å². The smallest absolute Gasteiger partial charge is 0.232 e. The van der Waals surface area contributed by atoms with E-state index in [1.54, 1.807) is 23.1 Å². The SMILES string of the molecule is CCc1cccc(-n2c(SCc3csc(C(C)C)n3)nnc2N2CCOCC2)c1. The fourth-order valence-corrected chi connectivity index (χ4v) is 5.04. The van der Waals surface area contributed by atoms with Crippen molar-refractivity contribution in [2.24, 2.45) is 0 Å². The van der Waals surface area contributed by atoms with Crippen molar-refractivity contribution in [3.63, 3.8) is 0 Å². The van der Waals surface area contributed by atoms with Crippen molar-refractivity contribution in [2.75, 3.05) is 31.2 Å². The molecule has 0 spiro atoms. The van der Waals surface area contributed by atoms with Gasteiger partial charge in [0.1, 0.15) is 0 Å². The molecule has 1 aliphatic heterocycles. The second-order valence-corrected chi connectivity index (χ2v) is 9.19. The quantitative estimate of drug-likeness (QED) is 0.514. The molecule has 1 aliphatic rings. The highest BCUT2D eigenvalue weighted by Crippen LogP contribution is 2.30. The van der Waals surface area contributed by atoms with Gasteiger partial charge in [-0.05, 0) is 24.1 Å². The molecule has 0 bridgehead atoms. The fourth-order valence-electron chi connectivity index (χ4n) is 3.26. The third kappa shape index (κ3) is 4.65. The summed E-state index contributed by atoms with van der Waals surface area (Å²) < 4.78 is 7.71. The predicted molar refractivity (Wildman–Crippen MR) is 120 cm³/mol. The Morgan fingerprint density at radius 1 is 1.21 bits per heavy atom. The van der Waals surface area contributed by atoms with Gasteiger partial charge in [-0.3, -0.25) is 4.57 Å². The van der Waals surface area contributed by atoms with Gasteiger partial charge in [0.15, 0.2) is 5.16 Å². The molecule has 0 amide bonds. The third-order valence-electron chi connectivity index (χ3n) is 4.90. The second-order valence-electron chi connectivity index (χ2n) is 7.36.